The summed E-state index contributed by atoms with van der Waals surface area (Å²) in [6.45, 7) is 0. The highest BCUT2D eigenvalue weighted by Crippen LogP contribution is 2.04. The van der Waals surface area contributed by atoms with Crippen molar-refractivity contribution in [1.29, 1.82) is 0 Å². The first-order valence-corrected chi connectivity index (χ1v) is 2.32. The molecule has 0 aromatic carbocycles. The van der Waals surface area contributed by atoms with Crippen LogP contribution in [0.25, 0.3) is 0 Å². The molecule has 6 heavy (non-hydrogen) atoms. The zero-order valence-electron chi connectivity index (χ0n) is 3.72. The van der Waals surface area contributed by atoms with E-state index in [1.807, 2.05) is 0 Å². The molecule has 1 aliphatic rings. The maximum absolute atomic E-state index is 5.45. The van der Waals surface area contributed by atoms with Crippen molar-refractivity contribution >= 4 is 0 Å². The summed E-state index contributed by atoms with van der Waals surface area (Å²) in [6.07, 6.45) is 6.52. The van der Waals surface area contributed by atoms with E-state index < -0.39 is 0 Å². The van der Waals surface area contributed by atoms with Gasteiger partial charge in [-0.25, -0.2) is 0 Å². The number of nitrogens with two attached hydrogens (primary N) is 1. The first kappa shape index (κ1) is 3.88. The molecule has 0 heterocycles. The molecule has 2 N–H and O–H groups in total. The summed E-state index contributed by atoms with van der Waals surface area (Å²) in [5, 5.41) is 0. The average molecular weight is 83.1 g/mol. The second-order valence-electron chi connectivity index (χ2n) is 1.67. The van der Waals surface area contributed by atoms with Crippen molar-refractivity contribution in [3.05, 3.63) is 12.2 Å². The molecule has 0 fully saturated rings. The highest BCUT2D eigenvalue weighted by Gasteiger charge is 1.99. The molecule has 1 heteroatoms. The summed E-state index contributed by atoms with van der Waals surface area (Å²) in [4.78, 5) is 0. The molecule has 0 spiro atoms. The third-order valence-corrected chi connectivity index (χ3v) is 1.05. The van der Waals surface area contributed by atoms with Gasteiger partial charge in [-0.1, -0.05) is 12.2 Å². The summed E-state index contributed by atoms with van der Waals surface area (Å²) in [6, 6.07) is 0.366. The Hall–Kier alpha value is -0.300. The van der Waals surface area contributed by atoms with E-state index in [0.717, 1.165) is 6.42 Å². The molecule has 0 aliphatic heterocycles. The van der Waals surface area contributed by atoms with Crippen LogP contribution in [0.15, 0.2) is 12.2 Å². The molecule has 1 rings (SSSR count). The highest BCUT2D eigenvalue weighted by molar-refractivity contribution is 4.98. The molecule has 1 nitrogen and oxygen atoms in total. The predicted octanol–water partition coefficient (Wildman–Crippen LogP) is 0.664. The fourth-order valence-electron chi connectivity index (χ4n) is 0.656. The second-order valence-corrected chi connectivity index (χ2v) is 1.67. The molecule has 0 radical (unpaired) electrons. The topological polar surface area (TPSA) is 26.0 Å². The third-order valence-electron chi connectivity index (χ3n) is 1.05. The van der Waals surface area contributed by atoms with Crippen molar-refractivity contribution in [2.75, 3.05) is 0 Å². The van der Waals surface area contributed by atoms with Gasteiger partial charge in [-0.15, -0.1) is 0 Å². The maximum Gasteiger partial charge on any atom is 0.0226 e. The Morgan fingerprint density at radius 3 is 2.67 bits per heavy atom. The van der Waals surface area contributed by atoms with E-state index in [1.165, 1.54) is 6.42 Å². The Labute approximate surface area is 37.8 Å². The molecule has 34 valence electrons. The van der Waals surface area contributed by atoms with Gasteiger partial charge in [0.15, 0.2) is 0 Å². The normalized spacial score (nSPS) is 31.8. The highest BCUT2D eigenvalue weighted by atomic mass is 14.6. The largest absolute Gasteiger partial charge is 0.324 e. The smallest absolute Gasteiger partial charge is 0.0226 e. The first-order valence-electron chi connectivity index (χ1n) is 2.32. The molecule has 0 bridgehead atoms. The molecule has 0 amide bonds. The van der Waals surface area contributed by atoms with Gasteiger partial charge in [0, 0.05) is 6.04 Å². The zero-order chi connectivity index (χ0) is 4.41. The lowest BCUT2D eigenvalue weighted by atomic mass is 10.3. The lowest BCUT2D eigenvalue weighted by Crippen LogP contribution is -2.11. The van der Waals surface area contributed by atoms with Crippen LogP contribution in [-0.4, -0.2) is 6.04 Å². The Kier molecular flexibility index (Phi) is 0.926. The molecular weight excluding hydrogens is 74.1 g/mol. The molecule has 0 saturated heterocycles. The van der Waals surface area contributed by atoms with Crippen LogP contribution in [0.5, 0.6) is 0 Å². The third kappa shape index (κ3) is 0.601. The molecule has 0 aromatic rings. The van der Waals surface area contributed by atoms with E-state index in [-0.39, 0.29) is 0 Å². The molecule has 1 atom stereocenters. The molecular formula is C5H9N. The van der Waals surface area contributed by atoms with Crippen molar-refractivity contribution < 1.29 is 0 Å². The van der Waals surface area contributed by atoms with Crippen molar-refractivity contribution in [2.45, 2.75) is 18.9 Å². The minimum Gasteiger partial charge on any atom is -0.324 e. The summed E-state index contributed by atoms with van der Waals surface area (Å²) < 4.78 is 0. The van der Waals surface area contributed by atoms with Gasteiger partial charge in [-0.3, -0.25) is 0 Å². The van der Waals surface area contributed by atoms with Crippen LogP contribution < -0.4 is 5.73 Å². The average Bonchev–Trinajstić information content (AvgIpc) is 1.86. The molecule has 0 saturated carbocycles. The van der Waals surface area contributed by atoms with Gasteiger partial charge in [0.05, 0.1) is 0 Å². The number of hydrogen-bond donors (Lipinski definition) is 1. The van der Waals surface area contributed by atoms with Crippen LogP contribution in [0.1, 0.15) is 12.8 Å². The first-order chi connectivity index (χ1) is 2.89. The zero-order valence-corrected chi connectivity index (χ0v) is 3.72. The summed E-state index contributed by atoms with van der Waals surface area (Å²) in [7, 11) is 0. The van der Waals surface area contributed by atoms with Gasteiger partial charge >= 0.3 is 0 Å². The van der Waals surface area contributed by atoms with Crippen LogP contribution in [0.4, 0.5) is 0 Å². The summed E-state index contributed by atoms with van der Waals surface area (Å²) >= 11 is 0. The van der Waals surface area contributed by atoms with Crippen LogP contribution in [0, 0.1) is 0 Å². The van der Waals surface area contributed by atoms with E-state index in [4.69, 9.17) is 5.73 Å². The SMILES string of the molecule is N[C@@H]1C=CCC1. The van der Waals surface area contributed by atoms with Gasteiger partial charge in [-0.2, -0.15) is 0 Å². The van der Waals surface area contributed by atoms with Crippen molar-refractivity contribution in [1.82, 2.24) is 0 Å². The Bertz CT molecular complexity index is 66.3. The Morgan fingerprint density at radius 1 is 1.67 bits per heavy atom. The second kappa shape index (κ2) is 1.43. The fourth-order valence-corrected chi connectivity index (χ4v) is 0.656. The van der Waals surface area contributed by atoms with Crippen molar-refractivity contribution in [2.24, 2.45) is 5.73 Å². The monoisotopic (exact) mass is 83.1 g/mol. The van der Waals surface area contributed by atoms with Crippen LogP contribution in [-0.2, 0) is 0 Å². The summed E-state index contributed by atoms with van der Waals surface area (Å²) in [5.74, 6) is 0. The lowest BCUT2D eigenvalue weighted by Gasteiger charge is -1.90. The molecule has 0 unspecified atom stereocenters. The number of hydrogen-bond acceptors (Lipinski definition) is 1. The van der Waals surface area contributed by atoms with Crippen molar-refractivity contribution in [3.8, 4) is 0 Å². The van der Waals surface area contributed by atoms with Crippen LogP contribution in [0.3, 0.4) is 0 Å². The number of rotatable bonds is 0. The number of allylic oxidation sites excluding steroid dienone is 1. The molecule has 0 aromatic heterocycles. The van der Waals surface area contributed by atoms with E-state index in [2.05, 4.69) is 12.2 Å². The minimum atomic E-state index is 0.366. The van der Waals surface area contributed by atoms with Gasteiger partial charge in [-0.05, 0) is 12.8 Å². The van der Waals surface area contributed by atoms with Gasteiger partial charge in [0.1, 0.15) is 0 Å². The van der Waals surface area contributed by atoms with E-state index in [1.54, 1.807) is 0 Å². The summed E-state index contributed by atoms with van der Waals surface area (Å²) in [5.41, 5.74) is 5.45. The van der Waals surface area contributed by atoms with E-state index in [9.17, 15) is 0 Å². The quantitative estimate of drug-likeness (QED) is 0.428. The van der Waals surface area contributed by atoms with Gasteiger partial charge in [0.2, 0.25) is 0 Å². The van der Waals surface area contributed by atoms with Gasteiger partial charge in [0.25, 0.3) is 0 Å². The van der Waals surface area contributed by atoms with Gasteiger partial charge < -0.3 is 5.73 Å². The van der Waals surface area contributed by atoms with Crippen LogP contribution in [0.2, 0.25) is 0 Å². The predicted molar refractivity (Wildman–Crippen MR) is 26.3 cm³/mol. The maximum atomic E-state index is 5.45. The van der Waals surface area contributed by atoms with E-state index >= 15 is 0 Å². The van der Waals surface area contributed by atoms with Crippen molar-refractivity contribution in [3.63, 3.8) is 0 Å². The Balaban J connectivity index is 2.38. The lowest BCUT2D eigenvalue weighted by molar-refractivity contribution is 0.780. The standard InChI is InChI=1S/C5H9N/c6-5-3-1-2-4-5/h1,3,5H,2,4,6H2/t5-/m1/s1. The minimum absolute atomic E-state index is 0.366. The van der Waals surface area contributed by atoms with E-state index in [0.29, 0.717) is 6.04 Å². The fraction of sp³-hybridized carbons (Fsp3) is 0.600. The molecule has 1 aliphatic carbocycles. The van der Waals surface area contributed by atoms with Crippen LogP contribution >= 0.6 is 0 Å². The Morgan fingerprint density at radius 2 is 2.50 bits per heavy atom.